The molecule has 7 heteroatoms. The minimum atomic E-state index is -4.55. The number of para-hydroxylation sites is 1. The van der Waals surface area contributed by atoms with E-state index < -0.39 is 17.6 Å². The summed E-state index contributed by atoms with van der Waals surface area (Å²) in [6.45, 7) is 0. The number of methoxy groups -OCH3 is 1. The SMILES string of the molecule is COc1nc(-n2ccc(=O)c3ccccc32)ccc1C(F)(F)F. The smallest absolute Gasteiger partial charge is 0.421 e. The standard InChI is InChI=1S/C16H11F3N2O2/c1-23-15-11(16(17,18)19)6-7-14(20-15)21-9-8-13(22)10-4-2-3-5-12(10)21/h2-9H,1H3. The first kappa shape index (κ1) is 15.1. The highest BCUT2D eigenvalue weighted by Gasteiger charge is 2.35. The zero-order chi connectivity index (χ0) is 16.6. The van der Waals surface area contributed by atoms with Crippen molar-refractivity contribution < 1.29 is 17.9 Å². The van der Waals surface area contributed by atoms with Crippen LogP contribution in [-0.2, 0) is 6.18 Å². The third-order valence-electron chi connectivity index (χ3n) is 3.40. The molecule has 0 N–H and O–H groups in total. The molecule has 2 aromatic heterocycles. The number of rotatable bonds is 2. The highest BCUT2D eigenvalue weighted by Crippen LogP contribution is 2.35. The van der Waals surface area contributed by atoms with Crippen LogP contribution in [-0.4, -0.2) is 16.7 Å². The first-order chi connectivity index (χ1) is 10.9. The number of hydrogen-bond acceptors (Lipinski definition) is 3. The van der Waals surface area contributed by atoms with Gasteiger partial charge in [0.15, 0.2) is 5.43 Å². The molecule has 0 aliphatic heterocycles. The number of aromatic nitrogens is 2. The van der Waals surface area contributed by atoms with Gasteiger partial charge in [0.1, 0.15) is 11.4 Å². The summed E-state index contributed by atoms with van der Waals surface area (Å²) in [7, 11) is 1.13. The topological polar surface area (TPSA) is 44.1 Å². The summed E-state index contributed by atoms with van der Waals surface area (Å²) in [4.78, 5) is 15.8. The fourth-order valence-electron chi connectivity index (χ4n) is 2.34. The molecule has 0 atom stereocenters. The van der Waals surface area contributed by atoms with Crippen LogP contribution in [0.15, 0.2) is 53.5 Å². The zero-order valence-electron chi connectivity index (χ0n) is 12.0. The van der Waals surface area contributed by atoms with Gasteiger partial charge in [0.05, 0.1) is 12.6 Å². The summed E-state index contributed by atoms with van der Waals surface area (Å²) in [6.07, 6.45) is -3.08. The molecule has 0 aliphatic rings. The Labute approximate surface area is 128 Å². The lowest BCUT2D eigenvalue weighted by molar-refractivity contribution is -0.139. The average molecular weight is 320 g/mol. The molecular formula is C16H11F3N2O2. The second kappa shape index (κ2) is 5.42. The van der Waals surface area contributed by atoms with Gasteiger partial charge in [-0.3, -0.25) is 4.79 Å². The van der Waals surface area contributed by atoms with Crippen LogP contribution >= 0.6 is 0 Å². The number of nitrogens with zero attached hydrogens (tertiary/aromatic N) is 2. The van der Waals surface area contributed by atoms with Crippen LogP contribution in [0.3, 0.4) is 0 Å². The fraction of sp³-hybridized carbons (Fsp3) is 0.125. The third kappa shape index (κ3) is 2.65. The van der Waals surface area contributed by atoms with Crippen LogP contribution in [0, 0.1) is 0 Å². The van der Waals surface area contributed by atoms with E-state index in [9.17, 15) is 18.0 Å². The molecule has 0 spiro atoms. The van der Waals surface area contributed by atoms with E-state index in [0.29, 0.717) is 10.9 Å². The summed E-state index contributed by atoms with van der Waals surface area (Å²) in [5.41, 5.74) is -0.570. The van der Waals surface area contributed by atoms with Crippen molar-refractivity contribution in [2.24, 2.45) is 0 Å². The molecule has 0 bridgehead atoms. The molecule has 0 fully saturated rings. The van der Waals surface area contributed by atoms with Crippen LogP contribution in [0.1, 0.15) is 5.56 Å². The van der Waals surface area contributed by atoms with Crippen LogP contribution in [0.5, 0.6) is 5.88 Å². The molecular weight excluding hydrogens is 309 g/mol. The van der Waals surface area contributed by atoms with Crippen molar-refractivity contribution in [3.05, 3.63) is 64.4 Å². The molecule has 23 heavy (non-hydrogen) atoms. The molecule has 3 rings (SSSR count). The normalized spacial score (nSPS) is 11.7. The van der Waals surface area contributed by atoms with Crippen LogP contribution in [0.2, 0.25) is 0 Å². The van der Waals surface area contributed by atoms with Gasteiger partial charge >= 0.3 is 6.18 Å². The average Bonchev–Trinajstić information content (AvgIpc) is 2.54. The van der Waals surface area contributed by atoms with E-state index in [4.69, 9.17) is 4.74 Å². The van der Waals surface area contributed by atoms with Gasteiger partial charge in [0.2, 0.25) is 5.88 Å². The van der Waals surface area contributed by atoms with E-state index in [1.54, 1.807) is 28.8 Å². The van der Waals surface area contributed by atoms with Crippen LogP contribution < -0.4 is 10.2 Å². The van der Waals surface area contributed by atoms with Gasteiger partial charge in [-0.25, -0.2) is 0 Å². The van der Waals surface area contributed by atoms with E-state index in [-0.39, 0.29) is 11.2 Å². The summed E-state index contributed by atoms with van der Waals surface area (Å²) < 4.78 is 45.0. The largest absolute Gasteiger partial charge is 0.481 e. The number of hydrogen-bond donors (Lipinski definition) is 0. The molecule has 0 unspecified atom stereocenters. The van der Waals surface area contributed by atoms with E-state index >= 15 is 0 Å². The minimum absolute atomic E-state index is 0.171. The molecule has 2 heterocycles. The summed E-state index contributed by atoms with van der Waals surface area (Å²) in [5.74, 6) is -0.288. The second-order valence-electron chi connectivity index (χ2n) is 4.79. The molecule has 118 valence electrons. The van der Waals surface area contributed by atoms with Gasteiger partial charge in [0, 0.05) is 17.6 Å². The molecule has 0 amide bonds. The van der Waals surface area contributed by atoms with Crippen molar-refractivity contribution in [3.8, 4) is 11.7 Å². The molecule has 0 saturated heterocycles. The first-order valence-corrected chi connectivity index (χ1v) is 6.65. The predicted molar refractivity (Wildman–Crippen MR) is 78.9 cm³/mol. The van der Waals surface area contributed by atoms with Crippen molar-refractivity contribution in [2.45, 2.75) is 6.18 Å². The van der Waals surface area contributed by atoms with Gasteiger partial charge in [0.25, 0.3) is 0 Å². The Hall–Kier alpha value is -2.83. The quantitative estimate of drug-likeness (QED) is 0.727. The van der Waals surface area contributed by atoms with Gasteiger partial charge in [-0.05, 0) is 24.3 Å². The lowest BCUT2D eigenvalue weighted by Crippen LogP contribution is -2.12. The Balaban J connectivity index is 2.24. The maximum Gasteiger partial charge on any atom is 0.421 e. The van der Waals surface area contributed by atoms with Crippen LogP contribution in [0.4, 0.5) is 13.2 Å². The second-order valence-corrected chi connectivity index (χ2v) is 4.79. The molecule has 4 nitrogen and oxygen atoms in total. The first-order valence-electron chi connectivity index (χ1n) is 6.65. The lowest BCUT2D eigenvalue weighted by atomic mass is 10.2. The Kier molecular flexibility index (Phi) is 3.55. The summed E-state index contributed by atoms with van der Waals surface area (Å²) in [6, 6.07) is 10.3. The van der Waals surface area contributed by atoms with E-state index in [1.807, 2.05) is 0 Å². The Morgan fingerprint density at radius 2 is 1.83 bits per heavy atom. The molecule has 0 saturated carbocycles. The zero-order valence-corrected chi connectivity index (χ0v) is 12.0. The van der Waals surface area contributed by atoms with Crippen LogP contribution in [0.25, 0.3) is 16.7 Å². The van der Waals surface area contributed by atoms with Gasteiger partial charge < -0.3 is 9.30 Å². The number of halogens is 3. The molecule has 3 aromatic rings. The highest BCUT2D eigenvalue weighted by molar-refractivity contribution is 5.80. The summed E-state index contributed by atoms with van der Waals surface area (Å²) >= 11 is 0. The van der Waals surface area contributed by atoms with Crippen molar-refractivity contribution in [1.82, 2.24) is 9.55 Å². The Bertz CT molecular complexity index is 932. The van der Waals surface area contributed by atoms with E-state index in [2.05, 4.69) is 4.98 Å². The lowest BCUT2D eigenvalue weighted by Gasteiger charge is -2.14. The number of ether oxygens (including phenoxy) is 1. The predicted octanol–water partition coefficient (Wildman–Crippen LogP) is 3.41. The maximum atomic E-state index is 12.9. The number of benzene rings is 1. The molecule has 0 radical (unpaired) electrons. The maximum absolute atomic E-state index is 12.9. The van der Waals surface area contributed by atoms with Gasteiger partial charge in [-0.2, -0.15) is 18.2 Å². The van der Waals surface area contributed by atoms with Crippen molar-refractivity contribution >= 4 is 10.9 Å². The highest BCUT2D eigenvalue weighted by atomic mass is 19.4. The number of fused-ring (bicyclic) bond motifs is 1. The number of pyridine rings is 2. The Morgan fingerprint density at radius 1 is 1.09 bits per heavy atom. The van der Waals surface area contributed by atoms with E-state index in [0.717, 1.165) is 13.2 Å². The molecule has 0 aliphatic carbocycles. The van der Waals surface area contributed by atoms with Crippen molar-refractivity contribution in [3.63, 3.8) is 0 Å². The minimum Gasteiger partial charge on any atom is -0.481 e. The van der Waals surface area contributed by atoms with Crippen molar-refractivity contribution in [2.75, 3.05) is 7.11 Å². The van der Waals surface area contributed by atoms with Crippen molar-refractivity contribution in [1.29, 1.82) is 0 Å². The van der Waals surface area contributed by atoms with Gasteiger partial charge in [-0.15, -0.1) is 0 Å². The van der Waals surface area contributed by atoms with E-state index in [1.165, 1.54) is 18.3 Å². The van der Waals surface area contributed by atoms with Gasteiger partial charge in [-0.1, -0.05) is 12.1 Å². The summed E-state index contributed by atoms with van der Waals surface area (Å²) in [5, 5.41) is 0.454. The third-order valence-corrected chi connectivity index (χ3v) is 3.40. The Morgan fingerprint density at radius 3 is 2.52 bits per heavy atom. The fourth-order valence-corrected chi connectivity index (χ4v) is 2.34. The number of alkyl halides is 3. The monoisotopic (exact) mass is 320 g/mol. The molecule has 1 aromatic carbocycles.